The molecule has 0 aliphatic carbocycles. The van der Waals surface area contributed by atoms with Gasteiger partial charge in [0.1, 0.15) is 18.0 Å². The van der Waals surface area contributed by atoms with Gasteiger partial charge in [0.15, 0.2) is 12.2 Å². The third-order valence-corrected chi connectivity index (χ3v) is 6.92. The fourth-order valence-corrected chi connectivity index (χ4v) is 5.17. The summed E-state index contributed by atoms with van der Waals surface area (Å²) in [6.45, 7) is 5.51. The first-order chi connectivity index (χ1) is 20.9. The Morgan fingerprint density at radius 3 is 2.00 bits per heavy atom. The average molecular weight is 621 g/mol. The van der Waals surface area contributed by atoms with Gasteiger partial charge in [-0.1, -0.05) is 30.3 Å². The Kier molecular flexibility index (Phi) is 10.9. The van der Waals surface area contributed by atoms with Gasteiger partial charge in [0.25, 0.3) is 6.43 Å². The van der Waals surface area contributed by atoms with E-state index in [0.29, 0.717) is 24.5 Å². The third-order valence-electron chi connectivity index (χ3n) is 6.92. The van der Waals surface area contributed by atoms with Crippen LogP contribution in [-0.2, 0) is 54.0 Å². The molecule has 2 aromatic rings. The molecule has 0 spiro atoms. The Labute approximate surface area is 252 Å². The standard InChI is InChI=1S/C31H34F2O11/c1-16(34)39-27-26(44-31(42-19(4)37)29(41-18(3)36)28(27)40-17(2)35)21-7-10-25(30(32)33)22(14-21)13-20-5-8-23(9-6-20)43-24-11-12-38-15-24/h5-10,14,24,26-31H,11-13,15H2,1-4H3/t24-,26-,27-,28+,29-,31-/m0/s1. The Morgan fingerprint density at radius 1 is 0.818 bits per heavy atom. The summed E-state index contributed by atoms with van der Waals surface area (Å²) in [7, 11) is 0. The molecular weight excluding hydrogens is 586 g/mol. The number of rotatable bonds is 10. The van der Waals surface area contributed by atoms with E-state index in [2.05, 4.69) is 0 Å². The van der Waals surface area contributed by atoms with Crippen molar-refractivity contribution in [3.8, 4) is 5.75 Å². The van der Waals surface area contributed by atoms with Gasteiger partial charge in [-0.3, -0.25) is 19.2 Å². The van der Waals surface area contributed by atoms with Crippen molar-refractivity contribution < 1.29 is 61.1 Å². The summed E-state index contributed by atoms with van der Waals surface area (Å²) in [5.41, 5.74) is 0.983. The Hall–Kier alpha value is -4.10. The first-order valence-electron chi connectivity index (χ1n) is 14.0. The number of carbonyl (C=O) groups excluding carboxylic acids is 4. The summed E-state index contributed by atoms with van der Waals surface area (Å²) in [5, 5.41) is 0. The van der Waals surface area contributed by atoms with Crippen molar-refractivity contribution in [1.82, 2.24) is 0 Å². The van der Waals surface area contributed by atoms with Crippen LogP contribution in [0.3, 0.4) is 0 Å². The second kappa shape index (κ2) is 14.6. The second-order valence-electron chi connectivity index (χ2n) is 10.4. The zero-order valence-corrected chi connectivity index (χ0v) is 24.7. The van der Waals surface area contributed by atoms with Crippen LogP contribution in [0.15, 0.2) is 42.5 Å². The number of esters is 4. The first-order valence-corrected chi connectivity index (χ1v) is 14.0. The van der Waals surface area contributed by atoms with E-state index in [-0.39, 0.29) is 29.2 Å². The minimum Gasteiger partial charge on any atom is -0.488 e. The minimum atomic E-state index is -2.81. The highest BCUT2D eigenvalue weighted by Crippen LogP contribution is 2.39. The van der Waals surface area contributed by atoms with Crippen LogP contribution in [0.5, 0.6) is 5.75 Å². The molecule has 2 fully saturated rings. The van der Waals surface area contributed by atoms with Crippen LogP contribution >= 0.6 is 0 Å². The average Bonchev–Trinajstić information content (AvgIpc) is 3.45. The van der Waals surface area contributed by atoms with Gasteiger partial charge in [0.05, 0.1) is 13.2 Å². The van der Waals surface area contributed by atoms with Gasteiger partial charge in [-0.25, -0.2) is 8.78 Å². The van der Waals surface area contributed by atoms with Gasteiger partial charge in [-0.05, 0) is 35.2 Å². The van der Waals surface area contributed by atoms with E-state index in [1.165, 1.54) is 18.2 Å². The van der Waals surface area contributed by atoms with E-state index in [0.717, 1.165) is 34.1 Å². The van der Waals surface area contributed by atoms with Crippen LogP contribution in [0.2, 0.25) is 0 Å². The number of carbonyl (C=O) groups is 4. The van der Waals surface area contributed by atoms with Gasteiger partial charge < -0.3 is 33.2 Å². The number of ether oxygens (including phenoxy) is 7. The van der Waals surface area contributed by atoms with Crippen molar-refractivity contribution in [2.75, 3.05) is 13.2 Å². The van der Waals surface area contributed by atoms with Crippen LogP contribution in [0, 0.1) is 0 Å². The number of hydrogen-bond donors (Lipinski definition) is 0. The molecule has 6 atom stereocenters. The second-order valence-corrected chi connectivity index (χ2v) is 10.4. The largest absolute Gasteiger partial charge is 0.488 e. The normalized spacial score (nSPS) is 24.8. The van der Waals surface area contributed by atoms with Crippen LogP contribution in [0.1, 0.15) is 68.9 Å². The van der Waals surface area contributed by atoms with Crippen molar-refractivity contribution in [2.24, 2.45) is 0 Å². The molecule has 2 saturated heterocycles. The number of hydrogen-bond acceptors (Lipinski definition) is 11. The molecule has 0 radical (unpaired) electrons. The Balaban J connectivity index is 1.70. The Bertz CT molecular complexity index is 1340. The maximum atomic E-state index is 14.1. The molecule has 2 aliphatic heterocycles. The lowest BCUT2D eigenvalue weighted by molar-refractivity contribution is -0.298. The lowest BCUT2D eigenvalue weighted by atomic mass is 9.90. The van der Waals surface area contributed by atoms with Crippen LogP contribution in [-0.4, -0.2) is 67.8 Å². The highest BCUT2D eigenvalue weighted by Gasteiger charge is 2.53. The van der Waals surface area contributed by atoms with Crippen molar-refractivity contribution in [1.29, 1.82) is 0 Å². The highest BCUT2D eigenvalue weighted by atomic mass is 19.3. The van der Waals surface area contributed by atoms with E-state index in [1.807, 2.05) is 0 Å². The summed E-state index contributed by atoms with van der Waals surface area (Å²) < 4.78 is 67.0. The van der Waals surface area contributed by atoms with Crippen LogP contribution in [0.4, 0.5) is 8.78 Å². The molecule has 0 unspecified atom stereocenters. The molecule has 238 valence electrons. The lowest BCUT2D eigenvalue weighted by Gasteiger charge is -2.44. The summed E-state index contributed by atoms with van der Waals surface area (Å²) in [4.78, 5) is 48.1. The maximum absolute atomic E-state index is 14.1. The summed E-state index contributed by atoms with van der Waals surface area (Å²) in [6.07, 6.45) is -9.23. The molecule has 4 rings (SSSR count). The lowest BCUT2D eigenvalue weighted by Crippen LogP contribution is -2.59. The molecule has 2 aromatic carbocycles. The van der Waals surface area contributed by atoms with E-state index >= 15 is 0 Å². The van der Waals surface area contributed by atoms with E-state index in [4.69, 9.17) is 33.2 Å². The minimum absolute atomic E-state index is 0.0457. The molecule has 0 bridgehead atoms. The van der Waals surface area contributed by atoms with Crippen molar-refractivity contribution in [2.45, 2.75) is 83.8 Å². The topological polar surface area (TPSA) is 133 Å². The quantitative estimate of drug-likeness (QED) is 0.280. The number of alkyl halides is 2. The van der Waals surface area contributed by atoms with Crippen LogP contribution < -0.4 is 4.74 Å². The third kappa shape index (κ3) is 8.50. The predicted octanol–water partition coefficient (Wildman–Crippen LogP) is 4.14. The smallest absolute Gasteiger partial charge is 0.305 e. The SMILES string of the molecule is CC(=O)O[C@H]1O[C@@H](c2ccc(C(F)F)c(Cc3ccc(O[C@H]4CCOC4)cc3)c2)[C@H](OC(C)=O)[C@@H](OC(C)=O)[C@@H]1OC(C)=O. The predicted molar refractivity (Wildman–Crippen MR) is 147 cm³/mol. The molecule has 44 heavy (non-hydrogen) atoms. The van der Waals surface area contributed by atoms with Crippen molar-refractivity contribution in [3.63, 3.8) is 0 Å². The van der Waals surface area contributed by atoms with Crippen molar-refractivity contribution in [3.05, 3.63) is 64.7 Å². The van der Waals surface area contributed by atoms with Gasteiger partial charge in [-0.15, -0.1) is 0 Å². The molecule has 2 heterocycles. The van der Waals surface area contributed by atoms with E-state index < -0.39 is 61.0 Å². The monoisotopic (exact) mass is 620 g/mol. The molecule has 0 N–H and O–H groups in total. The molecule has 0 saturated carbocycles. The fraction of sp³-hybridized carbons (Fsp3) is 0.484. The van der Waals surface area contributed by atoms with Gasteiger partial charge >= 0.3 is 23.9 Å². The highest BCUT2D eigenvalue weighted by molar-refractivity contribution is 5.69. The summed E-state index contributed by atoms with van der Waals surface area (Å²) >= 11 is 0. The Morgan fingerprint density at radius 2 is 1.43 bits per heavy atom. The number of halogens is 2. The van der Waals surface area contributed by atoms with E-state index in [9.17, 15) is 28.0 Å². The van der Waals surface area contributed by atoms with Gasteiger partial charge in [0.2, 0.25) is 12.4 Å². The molecule has 0 aromatic heterocycles. The fourth-order valence-electron chi connectivity index (χ4n) is 5.17. The molecule has 13 heteroatoms. The van der Waals surface area contributed by atoms with E-state index in [1.54, 1.807) is 24.3 Å². The summed E-state index contributed by atoms with van der Waals surface area (Å²) in [5.74, 6) is -2.59. The molecule has 2 aliphatic rings. The summed E-state index contributed by atoms with van der Waals surface area (Å²) in [6, 6.07) is 11.1. The molecular formula is C31H34F2O11. The van der Waals surface area contributed by atoms with Crippen LogP contribution in [0.25, 0.3) is 0 Å². The molecule has 0 amide bonds. The van der Waals surface area contributed by atoms with Gasteiger partial charge in [0, 0.05) is 39.7 Å². The van der Waals surface area contributed by atoms with Gasteiger partial charge in [-0.2, -0.15) is 0 Å². The zero-order valence-electron chi connectivity index (χ0n) is 24.7. The maximum Gasteiger partial charge on any atom is 0.305 e. The zero-order chi connectivity index (χ0) is 32.0. The first kappa shape index (κ1) is 32.8. The van der Waals surface area contributed by atoms with Crippen molar-refractivity contribution >= 4 is 23.9 Å². The number of benzene rings is 2. The molecule has 11 nitrogen and oxygen atoms in total.